The Balaban J connectivity index is 1.84. The van der Waals surface area contributed by atoms with Gasteiger partial charge in [0.15, 0.2) is 11.5 Å². The number of carbonyl (C=O) groups excluding carboxylic acids is 1. The fourth-order valence-corrected chi connectivity index (χ4v) is 2.85. The van der Waals surface area contributed by atoms with Gasteiger partial charge in [0, 0.05) is 11.4 Å². The minimum Gasteiger partial charge on any atom is -0.493 e. The van der Waals surface area contributed by atoms with Crippen LogP contribution in [0.1, 0.15) is 18.1 Å². The van der Waals surface area contributed by atoms with Crippen LogP contribution in [0.2, 0.25) is 0 Å². The molecule has 1 N–H and O–H groups in total. The normalized spacial score (nSPS) is 9.96. The predicted octanol–water partition coefficient (Wildman–Crippen LogP) is 3.37. The van der Waals surface area contributed by atoms with E-state index in [-0.39, 0.29) is 5.91 Å². The van der Waals surface area contributed by atoms with Crippen molar-refractivity contribution in [2.45, 2.75) is 18.4 Å². The summed E-state index contributed by atoms with van der Waals surface area (Å²) < 4.78 is 10.8. The summed E-state index contributed by atoms with van der Waals surface area (Å²) in [6.45, 7) is 2.91. The molecule has 0 radical (unpaired) electrons. The molecule has 0 aliphatic rings. The van der Waals surface area contributed by atoms with Gasteiger partial charge < -0.3 is 14.8 Å². The summed E-state index contributed by atoms with van der Waals surface area (Å²) in [6.07, 6.45) is 0. The number of methoxy groups -OCH3 is 1. The van der Waals surface area contributed by atoms with E-state index in [0.29, 0.717) is 36.0 Å². The highest BCUT2D eigenvalue weighted by Crippen LogP contribution is 2.28. The Morgan fingerprint density at radius 2 is 1.96 bits per heavy atom. The first-order valence-corrected chi connectivity index (χ1v) is 8.84. The lowest BCUT2D eigenvalue weighted by Crippen LogP contribution is -2.24. The van der Waals surface area contributed by atoms with Gasteiger partial charge >= 0.3 is 0 Å². The van der Waals surface area contributed by atoms with Crippen LogP contribution in [0.3, 0.4) is 0 Å². The van der Waals surface area contributed by atoms with Crippen molar-refractivity contribution < 1.29 is 14.3 Å². The largest absolute Gasteiger partial charge is 0.493 e. The molecule has 25 heavy (non-hydrogen) atoms. The summed E-state index contributed by atoms with van der Waals surface area (Å²) in [5.41, 5.74) is 1.55. The molecule has 0 atom stereocenters. The van der Waals surface area contributed by atoms with Crippen molar-refractivity contribution in [3.05, 3.63) is 53.6 Å². The van der Waals surface area contributed by atoms with Crippen LogP contribution in [0, 0.1) is 11.3 Å². The van der Waals surface area contributed by atoms with Crippen molar-refractivity contribution in [1.82, 2.24) is 5.32 Å². The third-order valence-electron chi connectivity index (χ3n) is 3.37. The van der Waals surface area contributed by atoms with Crippen molar-refractivity contribution in [1.29, 1.82) is 5.26 Å². The van der Waals surface area contributed by atoms with Crippen LogP contribution < -0.4 is 14.8 Å². The van der Waals surface area contributed by atoms with E-state index < -0.39 is 0 Å². The second-order valence-corrected chi connectivity index (χ2v) is 6.17. The van der Waals surface area contributed by atoms with Crippen LogP contribution in [-0.2, 0) is 11.3 Å². The minimum absolute atomic E-state index is 0.0535. The number of thioether (sulfide) groups is 1. The lowest BCUT2D eigenvalue weighted by molar-refractivity contribution is -0.118. The quantitative estimate of drug-likeness (QED) is 0.734. The van der Waals surface area contributed by atoms with E-state index in [0.717, 1.165) is 10.5 Å². The van der Waals surface area contributed by atoms with Gasteiger partial charge in [-0.25, -0.2) is 0 Å². The van der Waals surface area contributed by atoms with Crippen LogP contribution in [0.5, 0.6) is 11.5 Å². The van der Waals surface area contributed by atoms with Gasteiger partial charge in [0.05, 0.1) is 31.1 Å². The molecule has 0 bridgehead atoms. The van der Waals surface area contributed by atoms with Crippen LogP contribution >= 0.6 is 11.8 Å². The molecule has 0 saturated heterocycles. The first-order valence-electron chi connectivity index (χ1n) is 7.85. The molecule has 0 spiro atoms. The maximum Gasteiger partial charge on any atom is 0.230 e. The van der Waals surface area contributed by atoms with Gasteiger partial charge in [-0.05, 0) is 48.9 Å². The third-order valence-corrected chi connectivity index (χ3v) is 4.38. The second kappa shape index (κ2) is 9.60. The summed E-state index contributed by atoms with van der Waals surface area (Å²) in [7, 11) is 1.59. The zero-order valence-corrected chi connectivity index (χ0v) is 15.1. The predicted molar refractivity (Wildman–Crippen MR) is 97.9 cm³/mol. The molecule has 2 aromatic carbocycles. The summed E-state index contributed by atoms with van der Waals surface area (Å²) >= 11 is 1.43. The van der Waals surface area contributed by atoms with E-state index in [2.05, 4.69) is 11.4 Å². The number of benzene rings is 2. The molecular formula is C19H20N2O3S. The van der Waals surface area contributed by atoms with E-state index in [1.807, 2.05) is 37.3 Å². The minimum atomic E-state index is -0.0535. The van der Waals surface area contributed by atoms with Crippen molar-refractivity contribution >= 4 is 17.7 Å². The van der Waals surface area contributed by atoms with Crippen molar-refractivity contribution in [3.8, 4) is 17.6 Å². The number of hydrogen-bond donors (Lipinski definition) is 1. The number of nitriles is 1. The van der Waals surface area contributed by atoms with E-state index >= 15 is 0 Å². The van der Waals surface area contributed by atoms with Gasteiger partial charge in [-0.2, -0.15) is 5.26 Å². The van der Waals surface area contributed by atoms with Crippen LogP contribution in [0.15, 0.2) is 47.4 Å². The fraction of sp³-hybridized carbons (Fsp3) is 0.263. The first kappa shape index (κ1) is 18.7. The highest BCUT2D eigenvalue weighted by molar-refractivity contribution is 8.00. The molecule has 6 heteroatoms. The van der Waals surface area contributed by atoms with Crippen LogP contribution in [-0.4, -0.2) is 25.4 Å². The van der Waals surface area contributed by atoms with Crippen molar-refractivity contribution in [2.75, 3.05) is 19.5 Å². The van der Waals surface area contributed by atoms with Gasteiger partial charge in [-0.15, -0.1) is 11.8 Å². The topological polar surface area (TPSA) is 71.3 Å². The number of ether oxygens (including phenoxy) is 2. The standard InChI is InChI=1S/C19H20N2O3S/c1-3-24-17-9-6-15(10-18(17)23-2)12-21-19(22)13-25-16-7-4-14(11-20)5-8-16/h4-10H,3,12-13H2,1-2H3,(H,21,22). The Hall–Kier alpha value is -2.65. The van der Waals surface area contributed by atoms with E-state index in [1.165, 1.54) is 11.8 Å². The van der Waals surface area contributed by atoms with Gasteiger partial charge in [0.2, 0.25) is 5.91 Å². The Morgan fingerprint density at radius 3 is 2.60 bits per heavy atom. The summed E-state index contributed by atoms with van der Waals surface area (Å²) in [6, 6.07) is 14.8. The number of carbonyl (C=O) groups is 1. The number of hydrogen-bond acceptors (Lipinski definition) is 5. The summed E-state index contributed by atoms with van der Waals surface area (Å²) in [5, 5.41) is 11.7. The number of nitrogens with zero attached hydrogens (tertiary/aromatic N) is 1. The van der Waals surface area contributed by atoms with E-state index in [9.17, 15) is 4.79 Å². The average molecular weight is 356 g/mol. The molecule has 0 aliphatic carbocycles. The first-order chi connectivity index (χ1) is 12.2. The van der Waals surface area contributed by atoms with Gasteiger partial charge in [-0.3, -0.25) is 4.79 Å². The zero-order chi connectivity index (χ0) is 18.1. The molecule has 1 amide bonds. The zero-order valence-electron chi connectivity index (χ0n) is 14.2. The molecule has 0 fully saturated rings. The van der Waals surface area contributed by atoms with Gasteiger partial charge in [-0.1, -0.05) is 6.07 Å². The molecule has 0 unspecified atom stereocenters. The molecular weight excluding hydrogens is 336 g/mol. The average Bonchev–Trinajstić information content (AvgIpc) is 2.66. The lowest BCUT2D eigenvalue weighted by atomic mass is 10.2. The molecule has 2 rings (SSSR count). The lowest BCUT2D eigenvalue weighted by Gasteiger charge is -2.11. The smallest absolute Gasteiger partial charge is 0.230 e. The maximum absolute atomic E-state index is 12.0. The summed E-state index contributed by atoms with van der Waals surface area (Å²) in [4.78, 5) is 13.0. The molecule has 0 aromatic heterocycles. The highest BCUT2D eigenvalue weighted by Gasteiger charge is 2.07. The number of rotatable bonds is 8. The van der Waals surface area contributed by atoms with Crippen molar-refractivity contribution in [3.63, 3.8) is 0 Å². The highest BCUT2D eigenvalue weighted by atomic mass is 32.2. The third kappa shape index (κ3) is 5.73. The van der Waals surface area contributed by atoms with Crippen molar-refractivity contribution in [2.24, 2.45) is 0 Å². The number of amides is 1. The van der Waals surface area contributed by atoms with Gasteiger partial charge in [0.1, 0.15) is 0 Å². The monoisotopic (exact) mass is 356 g/mol. The van der Waals surface area contributed by atoms with Gasteiger partial charge in [0.25, 0.3) is 0 Å². The SMILES string of the molecule is CCOc1ccc(CNC(=O)CSc2ccc(C#N)cc2)cc1OC. The fourth-order valence-electron chi connectivity index (χ4n) is 2.12. The van der Waals surface area contributed by atoms with E-state index in [4.69, 9.17) is 14.7 Å². The van der Waals surface area contributed by atoms with Crippen LogP contribution in [0.4, 0.5) is 0 Å². The molecule has 0 heterocycles. The Bertz CT molecular complexity index is 754. The molecule has 0 saturated carbocycles. The summed E-state index contributed by atoms with van der Waals surface area (Å²) in [5.74, 6) is 1.61. The maximum atomic E-state index is 12.0. The molecule has 2 aromatic rings. The molecule has 5 nitrogen and oxygen atoms in total. The van der Waals surface area contributed by atoms with Crippen LogP contribution in [0.25, 0.3) is 0 Å². The number of nitrogens with one attached hydrogen (secondary N) is 1. The Labute approximate surface area is 151 Å². The second-order valence-electron chi connectivity index (χ2n) is 5.12. The Kier molecular flexibility index (Phi) is 7.17. The Morgan fingerprint density at radius 1 is 1.20 bits per heavy atom. The van der Waals surface area contributed by atoms with E-state index in [1.54, 1.807) is 19.2 Å². The molecule has 130 valence electrons. The molecule has 0 aliphatic heterocycles.